The number of halogens is 1. The molecule has 3 heteroatoms. The minimum Gasteiger partial charge on any atom is -0.260 e. The minimum absolute atomic E-state index is 0.304. The highest BCUT2D eigenvalue weighted by atomic mass is 35.5. The Hall–Kier alpha value is -1.41. The van der Waals surface area contributed by atoms with Crippen LogP contribution < -0.4 is 0 Å². The Morgan fingerprint density at radius 1 is 1.18 bits per heavy atom. The largest absolute Gasteiger partial charge is 0.260 e. The second kappa shape index (κ2) is 4.46. The maximum Gasteiger partial charge on any atom is 0.129 e. The highest BCUT2D eigenvalue weighted by molar-refractivity contribution is 6.29. The summed E-state index contributed by atoms with van der Waals surface area (Å²) in [6, 6.07) is 9.99. The van der Waals surface area contributed by atoms with Gasteiger partial charge in [-0.15, -0.1) is 0 Å². The van der Waals surface area contributed by atoms with Gasteiger partial charge in [0, 0.05) is 12.1 Å². The third-order valence-corrected chi connectivity index (χ3v) is 3.50. The number of pyridine rings is 2. The van der Waals surface area contributed by atoms with Gasteiger partial charge in [-0.3, -0.25) is 4.98 Å². The third kappa shape index (κ3) is 2.05. The summed E-state index contributed by atoms with van der Waals surface area (Å²) in [4.78, 5) is 8.94. The zero-order valence-electron chi connectivity index (χ0n) is 9.44. The van der Waals surface area contributed by atoms with Crippen LogP contribution in [0.3, 0.4) is 0 Å². The number of aromatic nitrogens is 2. The Labute approximate surface area is 106 Å². The Morgan fingerprint density at radius 2 is 2.12 bits per heavy atom. The monoisotopic (exact) mass is 244 g/mol. The Kier molecular flexibility index (Phi) is 2.81. The van der Waals surface area contributed by atoms with Crippen molar-refractivity contribution < 1.29 is 0 Å². The molecule has 1 unspecified atom stereocenters. The predicted octanol–water partition coefficient (Wildman–Crippen LogP) is 3.60. The van der Waals surface area contributed by atoms with Crippen LogP contribution in [-0.4, -0.2) is 9.97 Å². The van der Waals surface area contributed by atoms with E-state index < -0.39 is 0 Å². The molecule has 1 atom stereocenters. The van der Waals surface area contributed by atoms with Gasteiger partial charge in [-0.2, -0.15) is 0 Å². The number of hydrogen-bond acceptors (Lipinski definition) is 2. The van der Waals surface area contributed by atoms with Crippen LogP contribution in [0, 0.1) is 0 Å². The molecule has 0 saturated carbocycles. The second-order valence-corrected chi connectivity index (χ2v) is 4.77. The smallest absolute Gasteiger partial charge is 0.129 e. The molecule has 0 spiro atoms. The van der Waals surface area contributed by atoms with Crippen molar-refractivity contribution in [1.82, 2.24) is 9.97 Å². The SMILES string of the molecule is Clc1cccc(C2CCCc3cccnc32)n1. The fraction of sp³-hybridized carbons (Fsp3) is 0.286. The van der Waals surface area contributed by atoms with Crippen LogP contribution in [0.2, 0.25) is 5.15 Å². The van der Waals surface area contributed by atoms with E-state index in [1.54, 1.807) is 0 Å². The first-order valence-electron chi connectivity index (χ1n) is 5.91. The van der Waals surface area contributed by atoms with Crippen molar-refractivity contribution in [2.45, 2.75) is 25.2 Å². The zero-order chi connectivity index (χ0) is 11.7. The van der Waals surface area contributed by atoms with Crippen LogP contribution in [-0.2, 0) is 6.42 Å². The van der Waals surface area contributed by atoms with Crippen molar-refractivity contribution in [2.75, 3.05) is 0 Å². The molecule has 0 N–H and O–H groups in total. The summed E-state index contributed by atoms with van der Waals surface area (Å²) in [5.74, 6) is 0.304. The first-order chi connectivity index (χ1) is 8.34. The molecule has 2 heterocycles. The molecular weight excluding hydrogens is 232 g/mol. The molecule has 17 heavy (non-hydrogen) atoms. The Bertz CT molecular complexity index is 539. The maximum absolute atomic E-state index is 5.96. The lowest BCUT2D eigenvalue weighted by Crippen LogP contribution is -2.14. The van der Waals surface area contributed by atoms with E-state index in [0.29, 0.717) is 11.1 Å². The van der Waals surface area contributed by atoms with Gasteiger partial charge in [0.05, 0.1) is 11.4 Å². The van der Waals surface area contributed by atoms with Gasteiger partial charge in [0.25, 0.3) is 0 Å². The summed E-state index contributed by atoms with van der Waals surface area (Å²) in [7, 11) is 0. The molecule has 0 amide bonds. The number of fused-ring (bicyclic) bond motifs is 1. The summed E-state index contributed by atoms with van der Waals surface area (Å²) >= 11 is 5.96. The van der Waals surface area contributed by atoms with E-state index in [9.17, 15) is 0 Å². The van der Waals surface area contributed by atoms with Crippen LogP contribution in [0.1, 0.15) is 35.7 Å². The number of nitrogens with zero attached hydrogens (tertiary/aromatic N) is 2. The van der Waals surface area contributed by atoms with Crippen molar-refractivity contribution >= 4 is 11.6 Å². The van der Waals surface area contributed by atoms with E-state index in [1.165, 1.54) is 17.7 Å². The van der Waals surface area contributed by atoms with E-state index >= 15 is 0 Å². The molecule has 2 aromatic rings. The highest BCUT2D eigenvalue weighted by Crippen LogP contribution is 2.34. The summed E-state index contributed by atoms with van der Waals surface area (Å²) in [6.45, 7) is 0. The number of rotatable bonds is 1. The third-order valence-electron chi connectivity index (χ3n) is 3.29. The first-order valence-corrected chi connectivity index (χ1v) is 6.28. The summed E-state index contributed by atoms with van der Waals surface area (Å²) < 4.78 is 0. The van der Waals surface area contributed by atoms with Gasteiger partial charge in [0.15, 0.2) is 0 Å². The van der Waals surface area contributed by atoms with E-state index in [2.05, 4.69) is 16.0 Å². The molecule has 0 bridgehead atoms. The number of hydrogen-bond donors (Lipinski definition) is 0. The van der Waals surface area contributed by atoms with E-state index in [-0.39, 0.29) is 0 Å². The van der Waals surface area contributed by atoms with Gasteiger partial charge in [0.2, 0.25) is 0 Å². The minimum atomic E-state index is 0.304. The highest BCUT2D eigenvalue weighted by Gasteiger charge is 2.23. The molecule has 0 aromatic carbocycles. The van der Waals surface area contributed by atoms with E-state index in [0.717, 1.165) is 18.5 Å². The van der Waals surface area contributed by atoms with Crippen molar-refractivity contribution in [1.29, 1.82) is 0 Å². The van der Waals surface area contributed by atoms with Crippen molar-refractivity contribution in [3.63, 3.8) is 0 Å². The van der Waals surface area contributed by atoms with Crippen LogP contribution in [0.15, 0.2) is 36.5 Å². The van der Waals surface area contributed by atoms with Crippen LogP contribution in [0.4, 0.5) is 0 Å². The van der Waals surface area contributed by atoms with Gasteiger partial charge in [-0.1, -0.05) is 23.7 Å². The van der Waals surface area contributed by atoms with Gasteiger partial charge in [-0.05, 0) is 43.0 Å². The van der Waals surface area contributed by atoms with Crippen LogP contribution in [0.25, 0.3) is 0 Å². The van der Waals surface area contributed by atoms with Crippen molar-refractivity contribution in [2.24, 2.45) is 0 Å². The number of aryl methyl sites for hydroxylation is 1. The molecule has 2 nitrogen and oxygen atoms in total. The Morgan fingerprint density at radius 3 is 3.00 bits per heavy atom. The molecule has 0 fully saturated rings. The van der Waals surface area contributed by atoms with Crippen LogP contribution >= 0.6 is 11.6 Å². The van der Waals surface area contributed by atoms with Crippen molar-refractivity contribution in [3.8, 4) is 0 Å². The van der Waals surface area contributed by atoms with Crippen LogP contribution in [0.5, 0.6) is 0 Å². The van der Waals surface area contributed by atoms with E-state index in [1.807, 2.05) is 30.5 Å². The molecule has 0 saturated heterocycles. The quantitative estimate of drug-likeness (QED) is 0.717. The molecule has 1 aliphatic carbocycles. The molecule has 86 valence electrons. The topological polar surface area (TPSA) is 25.8 Å². The molecule has 1 aliphatic rings. The van der Waals surface area contributed by atoms with E-state index in [4.69, 9.17) is 11.6 Å². The Balaban J connectivity index is 2.06. The lowest BCUT2D eigenvalue weighted by atomic mass is 9.84. The summed E-state index contributed by atoms with van der Waals surface area (Å²) in [5, 5.41) is 0.561. The lowest BCUT2D eigenvalue weighted by Gasteiger charge is -2.23. The fourth-order valence-electron chi connectivity index (χ4n) is 2.52. The average Bonchev–Trinajstić information content (AvgIpc) is 2.38. The molecular formula is C14H13ClN2. The van der Waals surface area contributed by atoms with Gasteiger partial charge >= 0.3 is 0 Å². The van der Waals surface area contributed by atoms with Crippen molar-refractivity contribution in [3.05, 3.63) is 58.6 Å². The zero-order valence-corrected chi connectivity index (χ0v) is 10.2. The molecule has 0 aliphatic heterocycles. The summed E-state index contributed by atoms with van der Waals surface area (Å²) in [6.07, 6.45) is 5.29. The fourth-order valence-corrected chi connectivity index (χ4v) is 2.69. The second-order valence-electron chi connectivity index (χ2n) is 4.38. The normalized spacial score (nSPS) is 18.8. The lowest BCUT2D eigenvalue weighted by molar-refractivity contribution is 0.588. The first kappa shape index (κ1) is 10.7. The van der Waals surface area contributed by atoms with Gasteiger partial charge in [0.1, 0.15) is 5.15 Å². The molecule has 2 aromatic heterocycles. The average molecular weight is 245 g/mol. The van der Waals surface area contributed by atoms with Gasteiger partial charge < -0.3 is 0 Å². The molecule has 0 radical (unpaired) electrons. The predicted molar refractivity (Wildman–Crippen MR) is 68.3 cm³/mol. The standard InChI is InChI=1S/C14H13ClN2/c15-13-8-2-7-12(17-13)11-6-1-4-10-5-3-9-16-14(10)11/h2-3,5,7-9,11H,1,4,6H2. The summed E-state index contributed by atoms with van der Waals surface area (Å²) in [5.41, 5.74) is 3.57. The van der Waals surface area contributed by atoms with Gasteiger partial charge in [-0.25, -0.2) is 4.98 Å². The molecule has 3 rings (SSSR count). The maximum atomic E-state index is 5.96.